The lowest BCUT2D eigenvalue weighted by Gasteiger charge is -2.22. The van der Waals surface area contributed by atoms with Crippen LogP contribution in [0.15, 0.2) is 23.1 Å². The van der Waals surface area contributed by atoms with Crippen LogP contribution in [0, 0.1) is 0 Å². The third-order valence-corrected chi connectivity index (χ3v) is 2.36. The Morgan fingerprint density at radius 2 is 2.33 bits per heavy atom. The summed E-state index contributed by atoms with van der Waals surface area (Å²) in [7, 11) is 0. The largest absolute Gasteiger partial charge is 0.493 e. The van der Waals surface area contributed by atoms with E-state index in [0.29, 0.717) is 0 Å². The van der Waals surface area contributed by atoms with E-state index in [1.165, 1.54) is 0 Å². The van der Waals surface area contributed by atoms with Gasteiger partial charge in [-0.1, -0.05) is 0 Å². The van der Waals surface area contributed by atoms with E-state index < -0.39 is 0 Å². The highest BCUT2D eigenvalue weighted by atomic mass is 32.1. The summed E-state index contributed by atoms with van der Waals surface area (Å²) in [5, 5.41) is 0. The molecule has 2 rings (SSSR count). The van der Waals surface area contributed by atoms with Gasteiger partial charge in [0, 0.05) is 22.9 Å². The molecule has 0 bridgehead atoms. The summed E-state index contributed by atoms with van der Waals surface area (Å²) < 4.78 is 5.43. The summed E-state index contributed by atoms with van der Waals surface area (Å²) in [6.07, 6.45) is 0.893. The van der Waals surface area contributed by atoms with Crippen LogP contribution in [0.2, 0.25) is 0 Å². The van der Waals surface area contributed by atoms with Gasteiger partial charge in [0.2, 0.25) is 0 Å². The van der Waals surface area contributed by atoms with Crippen molar-refractivity contribution in [2.45, 2.75) is 17.4 Å². The minimum absolute atomic E-state index is 0.112. The first-order valence-electron chi connectivity index (χ1n) is 3.98. The van der Waals surface area contributed by atoms with Crippen LogP contribution < -0.4 is 10.5 Å². The van der Waals surface area contributed by atoms with Gasteiger partial charge < -0.3 is 10.5 Å². The molecule has 0 amide bonds. The van der Waals surface area contributed by atoms with Crippen molar-refractivity contribution in [1.82, 2.24) is 0 Å². The molecular weight excluding hydrogens is 170 g/mol. The molecule has 1 heterocycles. The number of nitrogens with two attached hydrogens (primary N) is 1. The number of benzene rings is 1. The second-order valence-corrected chi connectivity index (χ2v) is 3.48. The van der Waals surface area contributed by atoms with Crippen molar-refractivity contribution < 1.29 is 4.74 Å². The monoisotopic (exact) mass is 181 g/mol. The predicted molar refractivity (Wildman–Crippen MR) is 50.7 cm³/mol. The molecule has 1 unspecified atom stereocenters. The third-order valence-electron chi connectivity index (χ3n) is 2.08. The Kier molecular flexibility index (Phi) is 1.98. The van der Waals surface area contributed by atoms with E-state index >= 15 is 0 Å². The first kappa shape index (κ1) is 7.95. The predicted octanol–water partition coefficient (Wildman–Crippen LogP) is 1.76. The van der Waals surface area contributed by atoms with Gasteiger partial charge >= 0.3 is 0 Å². The van der Waals surface area contributed by atoms with E-state index in [0.717, 1.165) is 29.2 Å². The van der Waals surface area contributed by atoms with Crippen LogP contribution in [0.1, 0.15) is 18.0 Å². The molecule has 1 aliphatic heterocycles. The Morgan fingerprint density at radius 3 is 3.17 bits per heavy atom. The smallest absolute Gasteiger partial charge is 0.124 e. The molecule has 0 spiro atoms. The highest BCUT2D eigenvalue weighted by Crippen LogP contribution is 2.31. The van der Waals surface area contributed by atoms with E-state index in [2.05, 4.69) is 12.6 Å². The molecule has 1 aliphatic rings. The first-order chi connectivity index (χ1) is 5.77. The van der Waals surface area contributed by atoms with Crippen molar-refractivity contribution in [3.8, 4) is 5.75 Å². The van der Waals surface area contributed by atoms with Crippen LogP contribution in [0.25, 0.3) is 0 Å². The van der Waals surface area contributed by atoms with Crippen molar-refractivity contribution in [3.63, 3.8) is 0 Å². The number of fused-ring (bicyclic) bond motifs is 1. The average molecular weight is 181 g/mol. The van der Waals surface area contributed by atoms with E-state index in [4.69, 9.17) is 10.5 Å². The second-order valence-electron chi connectivity index (χ2n) is 2.97. The summed E-state index contributed by atoms with van der Waals surface area (Å²) >= 11 is 4.25. The molecule has 0 saturated heterocycles. The van der Waals surface area contributed by atoms with Gasteiger partial charge in [-0.05, 0) is 18.2 Å². The fourth-order valence-corrected chi connectivity index (χ4v) is 1.62. The molecular formula is C9H11NOS. The summed E-state index contributed by atoms with van der Waals surface area (Å²) in [4.78, 5) is 0.940. The molecule has 0 aromatic heterocycles. The molecule has 1 aromatic rings. The van der Waals surface area contributed by atoms with Gasteiger partial charge in [0.05, 0.1) is 6.61 Å². The number of rotatable bonds is 0. The normalized spacial score (nSPS) is 21.3. The molecule has 12 heavy (non-hydrogen) atoms. The number of hydrogen-bond acceptors (Lipinski definition) is 3. The highest BCUT2D eigenvalue weighted by molar-refractivity contribution is 7.80. The molecule has 2 nitrogen and oxygen atoms in total. The molecule has 2 N–H and O–H groups in total. The maximum atomic E-state index is 5.90. The quantitative estimate of drug-likeness (QED) is 0.598. The zero-order valence-electron chi connectivity index (χ0n) is 6.66. The van der Waals surface area contributed by atoms with Crippen LogP contribution in [-0.4, -0.2) is 6.61 Å². The fourth-order valence-electron chi connectivity index (χ4n) is 1.41. The number of thiol groups is 1. The first-order valence-corrected chi connectivity index (χ1v) is 4.43. The maximum absolute atomic E-state index is 5.90. The van der Waals surface area contributed by atoms with Gasteiger partial charge in [0.25, 0.3) is 0 Å². The molecule has 0 saturated carbocycles. The van der Waals surface area contributed by atoms with E-state index in [1.807, 2.05) is 18.2 Å². The topological polar surface area (TPSA) is 35.2 Å². The zero-order chi connectivity index (χ0) is 8.55. The Bertz CT molecular complexity index is 301. The van der Waals surface area contributed by atoms with Crippen molar-refractivity contribution in [2.24, 2.45) is 5.73 Å². The Labute approximate surface area is 77.1 Å². The maximum Gasteiger partial charge on any atom is 0.124 e. The van der Waals surface area contributed by atoms with E-state index in [-0.39, 0.29) is 6.04 Å². The van der Waals surface area contributed by atoms with Crippen LogP contribution in [0.4, 0.5) is 0 Å². The molecule has 3 heteroatoms. The lowest BCUT2D eigenvalue weighted by Crippen LogP contribution is -2.20. The van der Waals surface area contributed by atoms with Gasteiger partial charge in [-0.25, -0.2) is 0 Å². The average Bonchev–Trinajstić information content (AvgIpc) is 2.07. The highest BCUT2D eigenvalue weighted by Gasteiger charge is 2.17. The summed E-state index contributed by atoms with van der Waals surface area (Å²) in [6, 6.07) is 5.93. The third kappa shape index (κ3) is 1.30. The van der Waals surface area contributed by atoms with Crippen LogP contribution in [-0.2, 0) is 0 Å². The SMILES string of the molecule is NC1CCOc2ccc(S)cc21. The summed E-state index contributed by atoms with van der Waals surface area (Å²) in [5.41, 5.74) is 6.98. The minimum Gasteiger partial charge on any atom is -0.493 e. The van der Waals surface area contributed by atoms with Crippen molar-refractivity contribution in [2.75, 3.05) is 6.61 Å². The molecule has 0 radical (unpaired) electrons. The molecule has 0 fully saturated rings. The Morgan fingerprint density at radius 1 is 1.50 bits per heavy atom. The van der Waals surface area contributed by atoms with Gasteiger partial charge in [-0.2, -0.15) is 0 Å². The van der Waals surface area contributed by atoms with E-state index in [9.17, 15) is 0 Å². The Hall–Kier alpha value is -0.670. The van der Waals surface area contributed by atoms with E-state index in [1.54, 1.807) is 0 Å². The standard InChI is InChI=1S/C9H11NOS/c10-8-3-4-11-9-2-1-6(12)5-7(8)9/h1-2,5,8,12H,3-4,10H2. The molecule has 64 valence electrons. The molecule has 1 aromatic carbocycles. The lowest BCUT2D eigenvalue weighted by atomic mass is 10.0. The van der Waals surface area contributed by atoms with Crippen LogP contribution >= 0.6 is 12.6 Å². The lowest BCUT2D eigenvalue weighted by molar-refractivity contribution is 0.268. The van der Waals surface area contributed by atoms with Gasteiger partial charge in [0.15, 0.2) is 0 Å². The van der Waals surface area contributed by atoms with Crippen LogP contribution in [0.3, 0.4) is 0 Å². The summed E-state index contributed by atoms with van der Waals surface area (Å²) in [6.45, 7) is 0.722. The van der Waals surface area contributed by atoms with Crippen molar-refractivity contribution in [3.05, 3.63) is 23.8 Å². The Balaban J connectivity index is 2.47. The minimum atomic E-state index is 0.112. The van der Waals surface area contributed by atoms with Gasteiger partial charge in [-0.3, -0.25) is 0 Å². The second kappa shape index (κ2) is 2.99. The summed E-state index contributed by atoms with van der Waals surface area (Å²) in [5.74, 6) is 0.909. The van der Waals surface area contributed by atoms with Crippen LogP contribution in [0.5, 0.6) is 5.75 Å². The van der Waals surface area contributed by atoms with Gasteiger partial charge in [-0.15, -0.1) is 12.6 Å². The number of ether oxygens (including phenoxy) is 1. The fraction of sp³-hybridized carbons (Fsp3) is 0.333. The zero-order valence-corrected chi connectivity index (χ0v) is 7.55. The van der Waals surface area contributed by atoms with Crippen molar-refractivity contribution in [1.29, 1.82) is 0 Å². The molecule has 1 atom stereocenters. The molecule has 0 aliphatic carbocycles. The van der Waals surface area contributed by atoms with Gasteiger partial charge in [0.1, 0.15) is 5.75 Å². The van der Waals surface area contributed by atoms with Crippen molar-refractivity contribution >= 4 is 12.6 Å². The number of hydrogen-bond donors (Lipinski definition) is 2.